The number of ether oxygens (including phenoxy) is 1. The summed E-state index contributed by atoms with van der Waals surface area (Å²) >= 11 is 0. The first kappa shape index (κ1) is 16.8. The van der Waals surface area contributed by atoms with Gasteiger partial charge in [-0.15, -0.1) is 10.2 Å². The third-order valence-electron chi connectivity index (χ3n) is 3.67. The Hall–Kier alpha value is -3.02. The molecule has 5 nitrogen and oxygen atoms in total. The van der Waals surface area contributed by atoms with Gasteiger partial charge in [-0.05, 0) is 48.9 Å². The molecule has 0 N–H and O–H groups in total. The molecule has 3 aromatic rings. The van der Waals surface area contributed by atoms with Crippen LogP contribution in [0.5, 0.6) is 0 Å². The number of unbranched alkanes of at least 4 members (excludes halogenated alkanes) is 1. The van der Waals surface area contributed by atoms with Gasteiger partial charge in [0.25, 0.3) is 0 Å². The highest BCUT2D eigenvalue weighted by Gasteiger charge is 2.08. The zero-order chi connectivity index (χ0) is 17.6. The molecule has 1 aromatic carbocycles. The van der Waals surface area contributed by atoms with Crippen molar-refractivity contribution in [1.82, 2.24) is 20.0 Å². The normalized spacial score (nSPS) is 10.6. The minimum Gasteiger partial charge on any atom is -0.492 e. The van der Waals surface area contributed by atoms with Crippen molar-refractivity contribution in [2.24, 2.45) is 0 Å². The first-order chi connectivity index (χ1) is 12.2. The summed E-state index contributed by atoms with van der Waals surface area (Å²) in [6.07, 6.45) is 3.84. The van der Waals surface area contributed by atoms with Gasteiger partial charge in [-0.1, -0.05) is 19.9 Å². The SMILES string of the molecule is C=C(OCCCC)c1ccc(-c2ccn(-c3ccc(F)cc3)n2)nn1. The first-order valence-electron chi connectivity index (χ1n) is 8.15. The van der Waals surface area contributed by atoms with Crippen molar-refractivity contribution in [2.75, 3.05) is 6.61 Å². The van der Waals surface area contributed by atoms with E-state index in [2.05, 4.69) is 28.8 Å². The standard InChI is InChI=1S/C19H19FN4O/c1-3-4-13-25-14(2)17-9-10-18(22-21-17)19-11-12-24(23-19)16-7-5-15(20)6-8-16/h5-12H,2-4,13H2,1H3. The van der Waals surface area contributed by atoms with Crippen molar-refractivity contribution < 1.29 is 9.13 Å². The minimum absolute atomic E-state index is 0.279. The lowest BCUT2D eigenvalue weighted by Gasteiger charge is -2.07. The number of hydrogen-bond donors (Lipinski definition) is 0. The van der Waals surface area contributed by atoms with Gasteiger partial charge in [0, 0.05) is 6.20 Å². The van der Waals surface area contributed by atoms with Gasteiger partial charge in [0.1, 0.15) is 28.7 Å². The molecule has 0 unspecified atom stereocenters. The van der Waals surface area contributed by atoms with Crippen LogP contribution < -0.4 is 0 Å². The minimum atomic E-state index is -0.279. The molecule has 0 aliphatic heterocycles. The van der Waals surface area contributed by atoms with Crippen molar-refractivity contribution in [3.8, 4) is 17.1 Å². The maximum atomic E-state index is 13.0. The molecule has 0 amide bonds. The fourth-order valence-electron chi connectivity index (χ4n) is 2.23. The van der Waals surface area contributed by atoms with Gasteiger partial charge in [-0.2, -0.15) is 5.10 Å². The van der Waals surface area contributed by atoms with E-state index >= 15 is 0 Å². The maximum absolute atomic E-state index is 13.0. The average Bonchev–Trinajstić information content (AvgIpc) is 3.13. The molecule has 2 heterocycles. The number of nitrogens with zero attached hydrogens (tertiary/aromatic N) is 4. The predicted octanol–water partition coefficient (Wildman–Crippen LogP) is 4.26. The highest BCUT2D eigenvalue weighted by molar-refractivity contribution is 5.58. The van der Waals surface area contributed by atoms with Crippen LogP contribution in [0.4, 0.5) is 4.39 Å². The van der Waals surface area contributed by atoms with E-state index in [4.69, 9.17) is 4.74 Å². The Morgan fingerprint density at radius 2 is 1.88 bits per heavy atom. The van der Waals surface area contributed by atoms with Crippen molar-refractivity contribution >= 4 is 5.76 Å². The van der Waals surface area contributed by atoms with E-state index in [9.17, 15) is 4.39 Å². The molecule has 3 rings (SSSR count). The summed E-state index contributed by atoms with van der Waals surface area (Å²) in [5.41, 5.74) is 2.71. The first-order valence-corrected chi connectivity index (χ1v) is 8.15. The van der Waals surface area contributed by atoms with Gasteiger partial charge >= 0.3 is 0 Å². The van der Waals surface area contributed by atoms with Crippen molar-refractivity contribution in [2.45, 2.75) is 19.8 Å². The molecule has 128 valence electrons. The van der Waals surface area contributed by atoms with E-state index in [-0.39, 0.29) is 5.82 Å². The van der Waals surface area contributed by atoms with E-state index < -0.39 is 0 Å². The van der Waals surface area contributed by atoms with Crippen molar-refractivity contribution in [3.63, 3.8) is 0 Å². The van der Waals surface area contributed by atoms with Crippen LogP contribution in [0, 0.1) is 5.82 Å². The molecule has 0 atom stereocenters. The lowest BCUT2D eigenvalue weighted by atomic mass is 10.2. The quantitative estimate of drug-likeness (QED) is 0.477. The second-order valence-corrected chi connectivity index (χ2v) is 5.55. The molecule has 25 heavy (non-hydrogen) atoms. The summed E-state index contributed by atoms with van der Waals surface area (Å²) in [7, 11) is 0. The largest absolute Gasteiger partial charge is 0.492 e. The number of aromatic nitrogens is 4. The van der Waals surface area contributed by atoms with Crippen LogP contribution in [0.25, 0.3) is 22.8 Å². The van der Waals surface area contributed by atoms with Crippen LogP contribution in [0.15, 0.2) is 55.2 Å². The Kier molecular flexibility index (Phi) is 5.18. The molecule has 0 saturated carbocycles. The van der Waals surface area contributed by atoms with Gasteiger partial charge < -0.3 is 4.74 Å². The lowest BCUT2D eigenvalue weighted by Crippen LogP contribution is -1.99. The van der Waals surface area contributed by atoms with Crippen LogP contribution in [0.2, 0.25) is 0 Å². The topological polar surface area (TPSA) is 52.8 Å². The summed E-state index contributed by atoms with van der Waals surface area (Å²) in [4.78, 5) is 0. The second-order valence-electron chi connectivity index (χ2n) is 5.55. The molecule has 0 fully saturated rings. The van der Waals surface area contributed by atoms with Crippen molar-refractivity contribution in [3.05, 3.63) is 66.8 Å². The van der Waals surface area contributed by atoms with Crippen LogP contribution >= 0.6 is 0 Å². The Balaban J connectivity index is 1.72. The molecule has 0 aliphatic carbocycles. The highest BCUT2D eigenvalue weighted by Crippen LogP contribution is 2.18. The molecule has 0 radical (unpaired) electrons. The third kappa shape index (κ3) is 4.09. The maximum Gasteiger partial charge on any atom is 0.139 e. The van der Waals surface area contributed by atoms with Crippen LogP contribution in [0.3, 0.4) is 0 Å². The number of rotatable bonds is 7. The van der Waals surface area contributed by atoms with E-state index in [0.717, 1.165) is 18.5 Å². The fraction of sp³-hybridized carbons (Fsp3) is 0.211. The van der Waals surface area contributed by atoms with Gasteiger partial charge in [0.15, 0.2) is 0 Å². The summed E-state index contributed by atoms with van der Waals surface area (Å²) in [6.45, 7) is 6.60. The molecule has 0 bridgehead atoms. The fourth-order valence-corrected chi connectivity index (χ4v) is 2.23. The van der Waals surface area contributed by atoms with E-state index in [1.165, 1.54) is 12.1 Å². The Morgan fingerprint density at radius 3 is 2.56 bits per heavy atom. The summed E-state index contributed by atoms with van der Waals surface area (Å²) < 4.78 is 20.2. The molecule has 0 spiro atoms. The van der Waals surface area contributed by atoms with Crippen LogP contribution in [0.1, 0.15) is 25.5 Å². The third-order valence-corrected chi connectivity index (χ3v) is 3.67. The van der Waals surface area contributed by atoms with E-state index in [1.807, 2.05) is 18.2 Å². The number of halogens is 1. The summed E-state index contributed by atoms with van der Waals surface area (Å²) in [5.74, 6) is 0.239. The summed E-state index contributed by atoms with van der Waals surface area (Å²) in [6, 6.07) is 11.6. The molecular formula is C19H19FN4O. The monoisotopic (exact) mass is 338 g/mol. The van der Waals surface area contributed by atoms with E-state index in [0.29, 0.717) is 29.4 Å². The summed E-state index contributed by atoms with van der Waals surface area (Å²) in [5, 5.41) is 12.8. The Bertz CT molecular complexity index is 841. The molecule has 0 aliphatic rings. The highest BCUT2D eigenvalue weighted by atomic mass is 19.1. The zero-order valence-electron chi connectivity index (χ0n) is 14.0. The Morgan fingerprint density at radius 1 is 1.08 bits per heavy atom. The zero-order valence-corrected chi connectivity index (χ0v) is 14.0. The van der Waals surface area contributed by atoms with Crippen molar-refractivity contribution in [1.29, 1.82) is 0 Å². The van der Waals surface area contributed by atoms with Gasteiger partial charge in [0.2, 0.25) is 0 Å². The number of benzene rings is 1. The lowest BCUT2D eigenvalue weighted by molar-refractivity contribution is 0.269. The number of hydrogen-bond acceptors (Lipinski definition) is 4. The van der Waals surface area contributed by atoms with Gasteiger partial charge in [0.05, 0.1) is 12.3 Å². The van der Waals surface area contributed by atoms with Crippen LogP contribution in [-0.4, -0.2) is 26.6 Å². The second kappa shape index (κ2) is 7.70. The van der Waals surface area contributed by atoms with E-state index in [1.54, 1.807) is 23.0 Å². The average molecular weight is 338 g/mol. The molecular weight excluding hydrogens is 319 g/mol. The van der Waals surface area contributed by atoms with Crippen LogP contribution in [-0.2, 0) is 4.74 Å². The van der Waals surface area contributed by atoms with Gasteiger partial charge in [-0.3, -0.25) is 0 Å². The molecule has 2 aromatic heterocycles. The predicted molar refractivity (Wildman–Crippen MR) is 94.4 cm³/mol. The van der Waals surface area contributed by atoms with Gasteiger partial charge in [-0.25, -0.2) is 9.07 Å². The Labute approximate surface area is 145 Å². The molecule has 0 saturated heterocycles. The smallest absolute Gasteiger partial charge is 0.139 e. The molecule has 6 heteroatoms.